The minimum absolute atomic E-state index is 0.0274. The van der Waals surface area contributed by atoms with Crippen LogP contribution in [0.2, 0.25) is 5.02 Å². The number of amides is 1. The summed E-state index contributed by atoms with van der Waals surface area (Å²) in [4.78, 5) is 21.1. The summed E-state index contributed by atoms with van der Waals surface area (Å²) in [6.45, 7) is 1.68. The topological polar surface area (TPSA) is 86.5 Å². The number of anilines is 2. The fraction of sp³-hybridized carbons (Fsp3) is 0.286. The van der Waals surface area contributed by atoms with Crippen molar-refractivity contribution in [3.8, 4) is 5.69 Å². The van der Waals surface area contributed by atoms with Crippen LogP contribution in [-0.4, -0.2) is 58.1 Å². The molecule has 3 aromatic rings. The van der Waals surface area contributed by atoms with Crippen LogP contribution in [-0.2, 0) is 6.54 Å². The van der Waals surface area contributed by atoms with Gasteiger partial charge in [-0.2, -0.15) is 5.10 Å². The summed E-state index contributed by atoms with van der Waals surface area (Å²) >= 11 is 5.94. The normalized spacial score (nSPS) is 20.8. The Bertz CT molecular complexity index is 1080. The Labute approximate surface area is 178 Å². The van der Waals surface area contributed by atoms with Crippen molar-refractivity contribution >= 4 is 29.0 Å². The fourth-order valence-electron chi connectivity index (χ4n) is 3.99. The van der Waals surface area contributed by atoms with Gasteiger partial charge in [0.2, 0.25) is 0 Å². The zero-order chi connectivity index (χ0) is 20.8. The quantitative estimate of drug-likeness (QED) is 0.664. The summed E-state index contributed by atoms with van der Waals surface area (Å²) in [5.41, 5.74) is 2.91. The van der Waals surface area contributed by atoms with Gasteiger partial charge in [-0.1, -0.05) is 11.6 Å². The van der Waals surface area contributed by atoms with E-state index >= 15 is 0 Å². The van der Waals surface area contributed by atoms with E-state index in [4.69, 9.17) is 11.6 Å². The third-order valence-electron chi connectivity index (χ3n) is 5.69. The molecule has 2 atom stereocenters. The molecule has 2 aliphatic rings. The summed E-state index contributed by atoms with van der Waals surface area (Å²) in [6.07, 6.45) is 3.15. The number of hydrogen-bond donors (Lipinski definition) is 2. The van der Waals surface area contributed by atoms with Gasteiger partial charge in [0.15, 0.2) is 5.69 Å². The lowest BCUT2D eigenvalue weighted by molar-refractivity contribution is 0.0991. The fourth-order valence-corrected chi connectivity index (χ4v) is 4.12. The van der Waals surface area contributed by atoms with E-state index in [0.717, 1.165) is 22.8 Å². The molecule has 2 unspecified atom stereocenters. The van der Waals surface area contributed by atoms with Crippen molar-refractivity contribution in [2.24, 2.45) is 0 Å². The van der Waals surface area contributed by atoms with Crippen LogP contribution in [0.3, 0.4) is 0 Å². The standard InChI is InChI=1S/C21H21ClN6O2/c1-23-17-11-26(12-18(17)29)19-7-6-16(8-24-19)27-9-13-10-28(25-20(13)21(27)30)15-4-2-14(22)3-5-15/h2-8,10,17-18,23,29H,9,11-12H2,1H3. The number of fused-ring (bicyclic) bond motifs is 1. The van der Waals surface area contributed by atoms with Crippen LogP contribution in [0.5, 0.6) is 0 Å². The van der Waals surface area contributed by atoms with E-state index in [-0.39, 0.29) is 11.9 Å². The molecule has 2 aromatic heterocycles. The Kier molecular flexibility index (Phi) is 4.69. The van der Waals surface area contributed by atoms with E-state index in [1.54, 1.807) is 27.9 Å². The first kappa shape index (κ1) is 19.0. The summed E-state index contributed by atoms with van der Waals surface area (Å²) in [5, 5.41) is 18.3. The van der Waals surface area contributed by atoms with Crippen LogP contribution in [0.1, 0.15) is 16.1 Å². The zero-order valence-corrected chi connectivity index (χ0v) is 17.1. The molecule has 1 fully saturated rings. The van der Waals surface area contributed by atoms with Crippen LogP contribution in [0, 0.1) is 0 Å². The molecule has 9 heteroatoms. The van der Waals surface area contributed by atoms with Gasteiger partial charge in [0, 0.05) is 29.9 Å². The molecule has 4 heterocycles. The average molecular weight is 425 g/mol. The first-order valence-corrected chi connectivity index (χ1v) is 10.1. The predicted octanol–water partition coefficient (Wildman–Crippen LogP) is 1.85. The van der Waals surface area contributed by atoms with Crippen molar-refractivity contribution < 1.29 is 9.90 Å². The van der Waals surface area contributed by atoms with Gasteiger partial charge < -0.3 is 20.2 Å². The molecule has 0 bridgehead atoms. The maximum Gasteiger partial charge on any atom is 0.279 e. The van der Waals surface area contributed by atoms with Crippen molar-refractivity contribution in [1.82, 2.24) is 20.1 Å². The maximum atomic E-state index is 12.9. The molecule has 0 saturated carbocycles. The second kappa shape index (κ2) is 7.39. The number of likely N-dealkylation sites (N-methyl/N-ethyl adjacent to an activating group) is 1. The summed E-state index contributed by atoms with van der Waals surface area (Å²) in [6, 6.07) is 11.1. The van der Waals surface area contributed by atoms with Gasteiger partial charge in [0.05, 0.1) is 36.3 Å². The molecule has 1 amide bonds. The molecule has 1 aromatic carbocycles. The monoisotopic (exact) mass is 424 g/mol. The Hall–Kier alpha value is -2.94. The lowest BCUT2D eigenvalue weighted by Gasteiger charge is -2.19. The van der Waals surface area contributed by atoms with Crippen molar-refractivity contribution in [1.29, 1.82) is 0 Å². The second-order valence-corrected chi connectivity index (χ2v) is 7.99. The van der Waals surface area contributed by atoms with Crippen molar-refractivity contribution in [2.75, 3.05) is 29.9 Å². The van der Waals surface area contributed by atoms with Crippen molar-refractivity contribution in [2.45, 2.75) is 18.7 Å². The van der Waals surface area contributed by atoms with Crippen LogP contribution in [0.25, 0.3) is 5.69 Å². The number of benzene rings is 1. The number of rotatable bonds is 4. The van der Waals surface area contributed by atoms with Crippen molar-refractivity contribution in [3.05, 3.63) is 65.1 Å². The first-order chi connectivity index (χ1) is 14.5. The second-order valence-electron chi connectivity index (χ2n) is 7.56. The Morgan fingerprint density at radius 1 is 1.13 bits per heavy atom. The number of carbonyl (C=O) groups excluding carboxylic acids is 1. The number of halogens is 1. The molecule has 1 saturated heterocycles. The van der Waals surface area contributed by atoms with Crippen LogP contribution in [0.4, 0.5) is 11.5 Å². The minimum atomic E-state index is -0.426. The van der Waals surface area contributed by atoms with Crippen molar-refractivity contribution in [3.63, 3.8) is 0 Å². The number of aromatic nitrogens is 3. The number of nitrogens with one attached hydrogen (secondary N) is 1. The van der Waals surface area contributed by atoms with E-state index in [0.29, 0.717) is 30.4 Å². The van der Waals surface area contributed by atoms with E-state index < -0.39 is 6.10 Å². The summed E-state index contributed by atoms with van der Waals surface area (Å²) < 4.78 is 1.70. The molecule has 0 aliphatic carbocycles. The number of β-amino-alcohol motifs (C(OH)–C–C–N with tert-alkyl or cyclic N) is 1. The molecule has 30 heavy (non-hydrogen) atoms. The molecular formula is C21H21ClN6O2. The number of carbonyl (C=O) groups is 1. The molecule has 0 spiro atoms. The van der Waals surface area contributed by atoms with Gasteiger partial charge in [-0.25, -0.2) is 9.67 Å². The lowest BCUT2D eigenvalue weighted by atomic mass is 10.2. The first-order valence-electron chi connectivity index (χ1n) is 9.76. The molecule has 2 N–H and O–H groups in total. The minimum Gasteiger partial charge on any atom is -0.390 e. The highest BCUT2D eigenvalue weighted by Gasteiger charge is 2.33. The lowest BCUT2D eigenvalue weighted by Crippen LogP contribution is -2.36. The Balaban J connectivity index is 1.32. The molecule has 2 aliphatic heterocycles. The molecule has 0 radical (unpaired) electrons. The number of pyridine rings is 1. The van der Waals surface area contributed by atoms with E-state index in [2.05, 4.69) is 15.4 Å². The highest BCUT2D eigenvalue weighted by Crippen LogP contribution is 2.29. The van der Waals surface area contributed by atoms with Gasteiger partial charge in [-0.3, -0.25) is 4.79 Å². The Morgan fingerprint density at radius 2 is 1.90 bits per heavy atom. The molecule has 8 nitrogen and oxygen atoms in total. The van der Waals surface area contributed by atoms with Gasteiger partial charge in [0.25, 0.3) is 5.91 Å². The molecular weight excluding hydrogens is 404 g/mol. The number of hydrogen-bond acceptors (Lipinski definition) is 6. The van der Waals surface area contributed by atoms with Gasteiger partial charge >= 0.3 is 0 Å². The zero-order valence-electron chi connectivity index (χ0n) is 16.4. The highest BCUT2D eigenvalue weighted by molar-refractivity contribution is 6.30. The molecule has 5 rings (SSSR count). The third-order valence-corrected chi connectivity index (χ3v) is 5.94. The third kappa shape index (κ3) is 3.23. The summed E-state index contributed by atoms with van der Waals surface area (Å²) in [7, 11) is 1.84. The SMILES string of the molecule is CNC1CN(c2ccc(N3Cc4cn(-c5ccc(Cl)cc5)nc4C3=O)cn2)CC1O. The van der Waals surface area contributed by atoms with Gasteiger partial charge in [-0.15, -0.1) is 0 Å². The van der Waals surface area contributed by atoms with E-state index in [1.165, 1.54) is 0 Å². The largest absolute Gasteiger partial charge is 0.390 e. The van der Waals surface area contributed by atoms with Gasteiger partial charge in [-0.05, 0) is 43.4 Å². The van der Waals surface area contributed by atoms with E-state index in [1.807, 2.05) is 42.4 Å². The number of nitrogens with zero attached hydrogens (tertiary/aromatic N) is 5. The summed E-state index contributed by atoms with van der Waals surface area (Å²) in [5.74, 6) is 0.645. The number of aliphatic hydroxyl groups is 1. The Morgan fingerprint density at radius 3 is 2.53 bits per heavy atom. The van der Waals surface area contributed by atoms with Crippen LogP contribution in [0.15, 0.2) is 48.8 Å². The van der Waals surface area contributed by atoms with Crippen LogP contribution < -0.4 is 15.1 Å². The van der Waals surface area contributed by atoms with Gasteiger partial charge in [0.1, 0.15) is 5.82 Å². The maximum absolute atomic E-state index is 12.9. The molecule has 154 valence electrons. The number of aliphatic hydroxyl groups excluding tert-OH is 1. The predicted molar refractivity (Wildman–Crippen MR) is 114 cm³/mol. The van der Waals surface area contributed by atoms with E-state index in [9.17, 15) is 9.90 Å². The average Bonchev–Trinajstić information content (AvgIpc) is 3.43. The highest BCUT2D eigenvalue weighted by atomic mass is 35.5. The van der Waals surface area contributed by atoms with Crippen LogP contribution >= 0.6 is 11.6 Å². The smallest absolute Gasteiger partial charge is 0.279 e.